The van der Waals surface area contributed by atoms with Crippen molar-refractivity contribution in [1.29, 1.82) is 0 Å². The van der Waals surface area contributed by atoms with Gasteiger partial charge in [-0.1, -0.05) is 55.5 Å². The molecule has 1 fully saturated rings. The first-order chi connectivity index (χ1) is 15.2. The van der Waals surface area contributed by atoms with Crippen molar-refractivity contribution in [2.24, 2.45) is 0 Å². The standard InChI is InChI=1S/C26H33N3O2/c1-2-20-10-12-21(13-11-20)18-27-24(30)19-29-17-14-22-8-4-5-9-23(22)25(29)26(31)28-15-6-3-7-16-28/h4-5,8-13,25H,2-3,6-7,14-19H2,1H3,(H,27,30)/t25-/m0/s1. The second-order valence-electron chi connectivity index (χ2n) is 8.65. The Bertz CT molecular complexity index is 903. The summed E-state index contributed by atoms with van der Waals surface area (Å²) in [5.74, 6) is 0.116. The van der Waals surface area contributed by atoms with Crippen LogP contribution in [0.1, 0.15) is 54.5 Å². The first-order valence-electron chi connectivity index (χ1n) is 11.6. The molecule has 2 heterocycles. The van der Waals surface area contributed by atoms with Crippen molar-refractivity contribution < 1.29 is 9.59 Å². The van der Waals surface area contributed by atoms with Crippen LogP contribution in [0.3, 0.4) is 0 Å². The summed E-state index contributed by atoms with van der Waals surface area (Å²) in [5, 5.41) is 3.04. The number of amides is 2. The average Bonchev–Trinajstić information content (AvgIpc) is 2.83. The number of aryl methyl sites for hydroxylation is 1. The highest BCUT2D eigenvalue weighted by Gasteiger charge is 2.36. The van der Waals surface area contributed by atoms with E-state index in [4.69, 9.17) is 0 Å². The van der Waals surface area contributed by atoms with Crippen LogP contribution in [-0.2, 0) is 29.0 Å². The molecule has 0 saturated carbocycles. The topological polar surface area (TPSA) is 52.7 Å². The molecule has 2 aliphatic rings. The van der Waals surface area contributed by atoms with Crippen molar-refractivity contribution in [2.75, 3.05) is 26.2 Å². The van der Waals surface area contributed by atoms with E-state index in [9.17, 15) is 9.59 Å². The number of piperidine rings is 1. The van der Waals surface area contributed by atoms with E-state index in [0.29, 0.717) is 6.54 Å². The predicted molar refractivity (Wildman–Crippen MR) is 123 cm³/mol. The van der Waals surface area contributed by atoms with Crippen molar-refractivity contribution in [2.45, 2.75) is 51.6 Å². The van der Waals surface area contributed by atoms with Gasteiger partial charge in [0, 0.05) is 26.2 Å². The van der Waals surface area contributed by atoms with Crippen LogP contribution in [0.15, 0.2) is 48.5 Å². The van der Waals surface area contributed by atoms with Crippen LogP contribution in [0.25, 0.3) is 0 Å². The maximum absolute atomic E-state index is 13.5. The molecular formula is C26H33N3O2. The van der Waals surface area contributed by atoms with E-state index >= 15 is 0 Å². The number of benzene rings is 2. The monoisotopic (exact) mass is 419 g/mol. The summed E-state index contributed by atoms with van der Waals surface area (Å²) in [5.41, 5.74) is 4.68. The molecule has 1 saturated heterocycles. The van der Waals surface area contributed by atoms with E-state index in [1.165, 1.54) is 17.5 Å². The molecule has 0 aromatic heterocycles. The van der Waals surface area contributed by atoms with Crippen LogP contribution in [0.5, 0.6) is 0 Å². The summed E-state index contributed by atoms with van der Waals surface area (Å²) in [6, 6.07) is 16.2. The Hall–Kier alpha value is -2.66. The zero-order chi connectivity index (χ0) is 21.6. The number of nitrogens with zero attached hydrogens (tertiary/aromatic N) is 2. The van der Waals surface area contributed by atoms with Gasteiger partial charge in [-0.2, -0.15) is 0 Å². The molecule has 4 rings (SSSR count). The lowest BCUT2D eigenvalue weighted by atomic mass is 9.91. The normalized spacial score (nSPS) is 19.0. The summed E-state index contributed by atoms with van der Waals surface area (Å²) in [6.07, 6.45) is 5.20. The van der Waals surface area contributed by atoms with Gasteiger partial charge >= 0.3 is 0 Å². The van der Waals surface area contributed by atoms with E-state index in [1.54, 1.807) is 0 Å². The van der Waals surface area contributed by atoms with Crippen molar-refractivity contribution in [1.82, 2.24) is 15.1 Å². The Morgan fingerprint density at radius 3 is 2.39 bits per heavy atom. The number of nitrogens with one attached hydrogen (secondary N) is 1. The molecule has 1 N–H and O–H groups in total. The maximum atomic E-state index is 13.5. The minimum atomic E-state index is -0.363. The van der Waals surface area contributed by atoms with Crippen LogP contribution in [-0.4, -0.2) is 47.8 Å². The molecule has 0 bridgehead atoms. The lowest BCUT2D eigenvalue weighted by Gasteiger charge is -2.39. The van der Waals surface area contributed by atoms with E-state index in [1.807, 2.05) is 17.0 Å². The minimum Gasteiger partial charge on any atom is -0.351 e. The first kappa shape index (κ1) is 21.6. The van der Waals surface area contributed by atoms with Gasteiger partial charge in [-0.15, -0.1) is 0 Å². The van der Waals surface area contributed by atoms with Crippen LogP contribution in [0.4, 0.5) is 0 Å². The molecule has 0 unspecified atom stereocenters. The van der Waals surface area contributed by atoms with Crippen LogP contribution in [0.2, 0.25) is 0 Å². The van der Waals surface area contributed by atoms with Crippen LogP contribution >= 0.6 is 0 Å². The summed E-state index contributed by atoms with van der Waals surface area (Å²) < 4.78 is 0. The van der Waals surface area contributed by atoms with Gasteiger partial charge in [0.2, 0.25) is 11.8 Å². The SMILES string of the molecule is CCc1ccc(CNC(=O)CN2CCc3ccccc3[C@H]2C(=O)N2CCCCC2)cc1. The lowest BCUT2D eigenvalue weighted by Crippen LogP contribution is -2.50. The van der Waals surface area contributed by atoms with Crippen molar-refractivity contribution >= 4 is 11.8 Å². The highest BCUT2D eigenvalue weighted by molar-refractivity contribution is 5.85. The molecule has 2 amide bonds. The van der Waals surface area contributed by atoms with Crippen LogP contribution in [0, 0.1) is 0 Å². The third-order valence-corrected chi connectivity index (χ3v) is 6.55. The molecule has 0 aliphatic carbocycles. The summed E-state index contributed by atoms with van der Waals surface area (Å²) in [7, 11) is 0. The molecule has 2 aliphatic heterocycles. The van der Waals surface area contributed by atoms with Gasteiger partial charge < -0.3 is 10.2 Å². The smallest absolute Gasteiger partial charge is 0.244 e. The van der Waals surface area contributed by atoms with E-state index in [2.05, 4.69) is 53.5 Å². The molecule has 5 nitrogen and oxygen atoms in total. The Balaban J connectivity index is 1.44. The number of fused-ring (bicyclic) bond motifs is 1. The average molecular weight is 420 g/mol. The molecule has 2 aromatic rings. The van der Waals surface area contributed by atoms with Gasteiger partial charge in [-0.3, -0.25) is 14.5 Å². The Kier molecular flexibility index (Phi) is 7.03. The van der Waals surface area contributed by atoms with Crippen LogP contribution < -0.4 is 5.32 Å². The van der Waals surface area contributed by atoms with Gasteiger partial charge in [0.05, 0.1) is 6.54 Å². The number of carbonyl (C=O) groups is 2. The number of rotatable bonds is 6. The number of hydrogen-bond donors (Lipinski definition) is 1. The molecule has 0 radical (unpaired) electrons. The van der Waals surface area contributed by atoms with E-state index in [0.717, 1.165) is 56.4 Å². The fourth-order valence-corrected chi connectivity index (χ4v) is 4.70. The van der Waals surface area contributed by atoms with Gasteiger partial charge in [0.1, 0.15) is 6.04 Å². The van der Waals surface area contributed by atoms with E-state index in [-0.39, 0.29) is 24.4 Å². The summed E-state index contributed by atoms with van der Waals surface area (Å²) in [4.78, 5) is 30.3. The second-order valence-corrected chi connectivity index (χ2v) is 8.65. The fraction of sp³-hybridized carbons (Fsp3) is 0.462. The molecule has 164 valence electrons. The Morgan fingerprint density at radius 2 is 1.65 bits per heavy atom. The Labute approximate surface area is 185 Å². The third-order valence-electron chi connectivity index (χ3n) is 6.55. The zero-order valence-electron chi connectivity index (χ0n) is 18.5. The molecular weight excluding hydrogens is 386 g/mol. The first-order valence-corrected chi connectivity index (χ1v) is 11.6. The molecule has 2 aromatic carbocycles. The van der Waals surface area contributed by atoms with Crippen molar-refractivity contribution in [3.8, 4) is 0 Å². The fourth-order valence-electron chi connectivity index (χ4n) is 4.70. The quantitative estimate of drug-likeness (QED) is 0.780. The number of hydrogen-bond acceptors (Lipinski definition) is 3. The van der Waals surface area contributed by atoms with Crippen molar-refractivity contribution in [3.63, 3.8) is 0 Å². The second kappa shape index (κ2) is 10.1. The molecule has 0 spiro atoms. The molecule has 31 heavy (non-hydrogen) atoms. The highest BCUT2D eigenvalue weighted by Crippen LogP contribution is 2.32. The summed E-state index contributed by atoms with van der Waals surface area (Å²) >= 11 is 0. The lowest BCUT2D eigenvalue weighted by molar-refractivity contribution is -0.139. The highest BCUT2D eigenvalue weighted by atomic mass is 16.2. The summed E-state index contributed by atoms with van der Waals surface area (Å²) in [6.45, 7) is 5.26. The number of likely N-dealkylation sites (tertiary alicyclic amines) is 1. The van der Waals surface area contributed by atoms with Gasteiger partial charge in [-0.25, -0.2) is 0 Å². The van der Waals surface area contributed by atoms with Gasteiger partial charge in [-0.05, 0) is 54.4 Å². The molecule has 5 heteroatoms. The number of carbonyl (C=O) groups excluding carboxylic acids is 2. The largest absolute Gasteiger partial charge is 0.351 e. The predicted octanol–water partition coefficient (Wildman–Crippen LogP) is 3.48. The third kappa shape index (κ3) is 5.16. The van der Waals surface area contributed by atoms with E-state index < -0.39 is 0 Å². The maximum Gasteiger partial charge on any atom is 0.244 e. The zero-order valence-corrected chi connectivity index (χ0v) is 18.5. The Morgan fingerprint density at radius 1 is 0.935 bits per heavy atom. The molecule has 1 atom stereocenters. The van der Waals surface area contributed by atoms with Gasteiger partial charge in [0.15, 0.2) is 0 Å². The van der Waals surface area contributed by atoms with Gasteiger partial charge in [0.25, 0.3) is 0 Å². The minimum absolute atomic E-state index is 0.0320. The van der Waals surface area contributed by atoms with Crippen molar-refractivity contribution in [3.05, 3.63) is 70.8 Å².